The van der Waals surface area contributed by atoms with E-state index in [9.17, 15) is 5.11 Å². The Morgan fingerprint density at radius 1 is 1.39 bits per heavy atom. The fraction of sp³-hybridized carbons (Fsp3) is 0.571. The molecule has 4 heteroatoms. The van der Waals surface area contributed by atoms with Crippen molar-refractivity contribution in [2.45, 2.75) is 46.6 Å². The summed E-state index contributed by atoms with van der Waals surface area (Å²) in [4.78, 5) is 12.2. The van der Waals surface area contributed by atoms with E-state index in [1.165, 1.54) is 0 Å². The smallest absolute Gasteiger partial charge is 0.158 e. The molecule has 1 atom stereocenters. The highest BCUT2D eigenvalue weighted by molar-refractivity contribution is 5.75. The van der Waals surface area contributed by atoms with E-state index in [-0.39, 0.29) is 5.92 Å². The van der Waals surface area contributed by atoms with Gasteiger partial charge >= 0.3 is 0 Å². The number of aliphatic hydroxyl groups is 1. The maximum Gasteiger partial charge on any atom is 0.158 e. The first kappa shape index (κ1) is 13.0. The first-order valence-corrected chi connectivity index (χ1v) is 6.45. The number of pyridine rings is 1. The molecule has 0 saturated heterocycles. The maximum absolute atomic E-state index is 10.5. The highest BCUT2D eigenvalue weighted by Gasteiger charge is 2.29. The minimum absolute atomic E-state index is 0.107. The number of imidazole rings is 1. The first-order valence-electron chi connectivity index (χ1n) is 6.45. The van der Waals surface area contributed by atoms with Gasteiger partial charge in [-0.3, -0.25) is 0 Å². The highest BCUT2D eigenvalue weighted by atomic mass is 16.3. The quantitative estimate of drug-likeness (QED) is 0.876. The lowest BCUT2D eigenvalue weighted by atomic mass is 9.88. The number of H-pyrrole nitrogens is 1. The topological polar surface area (TPSA) is 61.8 Å². The SMILES string of the molecule is CCc1nc2c(C)cc(C(C)(O)C(C)C)nc2[nH]1. The third kappa shape index (κ3) is 2.01. The molecule has 0 bridgehead atoms. The third-order valence-corrected chi connectivity index (χ3v) is 3.67. The molecule has 0 spiro atoms. The predicted molar refractivity (Wildman–Crippen MR) is 72.4 cm³/mol. The summed E-state index contributed by atoms with van der Waals surface area (Å²) in [5.41, 5.74) is 2.50. The van der Waals surface area contributed by atoms with E-state index in [4.69, 9.17) is 0 Å². The standard InChI is InChI=1S/C14H21N3O/c1-6-11-16-12-9(4)7-10(15-13(12)17-11)14(5,18)8(2)3/h7-8,18H,6H2,1-5H3,(H,15,16,17). The molecular weight excluding hydrogens is 226 g/mol. The summed E-state index contributed by atoms with van der Waals surface area (Å²) in [5.74, 6) is 1.04. The molecule has 0 radical (unpaired) electrons. The Kier molecular flexibility index (Phi) is 3.15. The van der Waals surface area contributed by atoms with Gasteiger partial charge in [0, 0.05) is 6.42 Å². The summed E-state index contributed by atoms with van der Waals surface area (Å²) in [6, 6.07) is 1.93. The first-order chi connectivity index (χ1) is 8.36. The summed E-state index contributed by atoms with van der Waals surface area (Å²) in [6.45, 7) is 9.85. The van der Waals surface area contributed by atoms with Crippen molar-refractivity contribution in [1.29, 1.82) is 0 Å². The Morgan fingerprint density at radius 2 is 2.06 bits per heavy atom. The number of nitrogens with zero attached hydrogens (tertiary/aromatic N) is 2. The van der Waals surface area contributed by atoms with Gasteiger partial charge in [0.15, 0.2) is 5.65 Å². The Labute approximate surface area is 107 Å². The molecule has 4 nitrogen and oxygen atoms in total. The zero-order valence-corrected chi connectivity index (χ0v) is 11.7. The molecule has 0 aliphatic rings. The van der Waals surface area contributed by atoms with E-state index in [1.807, 2.05) is 33.8 Å². The number of aryl methyl sites for hydroxylation is 2. The lowest BCUT2D eigenvalue weighted by Crippen LogP contribution is -2.29. The van der Waals surface area contributed by atoms with Crippen molar-refractivity contribution in [2.24, 2.45) is 5.92 Å². The van der Waals surface area contributed by atoms with E-state index in [0.29, 0.717) is 5.69 Å². The van der Waals surface area contributed by atoms with E-state index >= 15 is 0 Å². The third-order valence-electron chi connectivity index (χ3n) is 3.67. The van der Waals surface area contributed by atoms with Gasteiger partial charge in [-0.05, 0) is 31.4 Å². The van der Waals surface area contributed by atoms with Gasteiger partial charge in [-0.25, -0.2) is 9.97 Å². The molecule has 2 aromatic rings. The van der Waals surface area contributed by atoms with Crippen LogP contribution in [-0.2, 0) is 12.0 Å². The van der Waals surface area contributed by atoms with Crippen LogP contribution >= 0.6 is 0 Å². The summed E-state index contributed by atoms with van der Waals surface area (Å²) in [6.07, 6.45) is 0.853. The van der Waals surface area contributed by atoms with Crippen molar-refractivity contribution in [2.75, 3.05) is 0 Å². The normalized spacial score (nSPS) is 15.3. The van der Waals surface area contributed by atoms with Crippen molar-refractivity contribution in [3.05, 3.63) is 23.1 Å². The van der Waals surface area contributed by atoms with Crippen molar-refractivity contribution in [3.8, 4) is 0 Å². The number of aromatic amines is 1. The minimum Gasteiger partial charge on any atom is -0.384 e. The van der Waals surface area contributed by atoms with Gasteiger partial charge in [0.1, 0.15) is 16.9 Å². The summed E-state index contributed by atoms with van der Waals surface area (Å²) >= 11 is 0. The van der Waals surface area contributed by atoms with Gasteiger partial charge in [0.2, 0.25) is 0 Å². The molecule has 2 N–H and O–H groups in total. The molecule has 0 fully saturated rings. The van der Waals surface area contributed by atoms with Gasteiger partial charge in [-0.2, -0.15) is 0 Å². The van der Waals surface area contributed by atoms with Gasteiger partial charge in [-0.1, -0.05) is 20.8 Å². The van der Waals surface area contributed by atoms with Crippen molar-refractivity contribution in [3.63, 3.8) is 0 Å². The van der Waals surface area contributed by atoms with Crippen LogP contribution in [0, 0.1) is 12.8 Å². The molecule has 0 aromatic carbocycles. The maximum atomic E-state index is 10.5. The molecule has 0 aliphatic heterocycles. The van der Waals surface area contributed by atoms with Gasteiger partial charge in [0.05, 0.1) is 5.69 Å². The zero-order chi connectivity index (χ0) is 13.5. The number of fused-ring (bicyclic) bond motifs is 1. The molecule has 98 valence electrons. The molecule has 2 rings (SSSR count). The van der Waals surface area contributed by atoms with Crippen LogP contribution in [0.3, 0.4) is 0 Å². The molecule has 0 amide bonds. The lowest BCUT2D eigenvalue weighted by molar-refractivity contribution is 0.00509. The van der Waals surface area contributed by atoms with Crippen LogP contribution in [0.4, 0.5) is 0 Å². The molecule has 0 saturated carbocycles. The number of aromatic nitrogens is 3. The molecular formula is C14H21N3O. The average Bonchev–Trinajstić information content (AvgIpc) is 2.72. The van der Waals surface area contributed by atoms with Crippen molar-refractivity contribution >= 4 is 11.2 Å². The van der Waals surface area contributed by atoms with Crippen LogP contribution in [0.2, 0.25) is 0 Å². The van der Waals surface area contributed by atoms with Gasteiger partial charge in [0.25, 0.3) is 0 Å². The van der Waals surface area contributed by atoms with Crippen LogP contribution in [0.5, 0.6) is 0 Å². The van der Waals surface area contributed by atoms with Gasteiger partial charge in [-0.15, -0.1) is 0 Å². The monoisotopic (exact) mass is 247 g/mol. The van der Waals surface area contributed by atoms with E-state index in [0.717, 1.165) is 29.0 Å². The Bertz CT molecular complexity index is 570. The number of nitrogens with one attached hydrogen (secondary N) is 1. The Morgan fingerprint density at radius 3 is 2.61 bits per heavy atom. The summed E-state index contributed by atoms with van der Waals surface area (Å²) < 4.78 is 0. The van der Waals surface area contributed by atoms with Gasteiger partial charge < -0.3 is 10.1 Å². The second-order valence-corrected chi connectivity index (χ2v) is 5.36. The van der Waals surface area contributed by atoms with Crippen LogP contribution in [-0.4, -0.2) is 20.1 Å². The molecule has 2 aromatic heterocycles. The van der Waals surface area contributed by atoms with Crippen LogP contribution in [0.1, 0.15) is 44.8 Å². The minimum atomic E-state index is -0.920. The lowest BCUT2D eigenvalue weighted by Gasteiger charge is -2.27. The molecule has 2 heterocycles. The largest absolute Gasteiger partial charge is 0.384 e. The molecule has 18 heavy (non-hydrogen) atoms. The fourth-order valence-electron chi connectivity index (χ4n) is 1.92. The van der Waals surface area contributed by atoms with Crippen LogP contribution < -0.4 is 0 Å². The van der Waals surface area contributed by atoms with E-state index in [2.05, 4.69) is 21.9 Å². The number of hydrogen-bond donors (Lipinski definition) is 2. The summed E-state index contributed by atoms with van der Waals surface area (Å²) in [7, 11) is 0. The van der Waals surface area contributed by atoms with Crippen LogP contribution in [0.15, 0.2) is 6.07 Å². The second kappa shape index (κ2) is 4.35. The Hall–Kier alpha value is -1.42. The second-order valence-electron chi connectivity index (χ2n) is 5.36. The molecule has 0 aliphatic carbocycles. The fourth-order valence-corrected chi connectivity index (χ4v) is 1.92. The van der Waals surface area contributed by atoms with Crippen LogP contribution in [0.25, 0.3) is 11.2 Å². The molecule has 1 unspecified atom stereocenters. The van der Waals surface area contributed by atoms with E-state index < -0.39 is 5.60 Å². The predicted octanol–water partition coefficient (Wildman–Crippen LogP) is 2.69. The summed E-state index contributed by atoms with van der Waals surface area (Å²) in [5, 5.41) is 10.5. The van der Waals surface area contributed by atoms with Crippen molar-refractivity contribution < 1.29 is 5.11 Å². The zero-order valence-electron chi connectivity index (χ0n) is 11.7. The number of rotatable bonds is 3. The van der Waals surface area contributed by atoms with Crippen molar-refractivity contribution in [1.82, 2.24) is 15.0 Å². The Balaban J connectivity index is 2.61. The number of hydrogen-bond acceptors (Lipinski definition) is 3. The average molecular weight is 247 g/mol. The van der Waals surface area contributed by atoms with E-state index in [1.54, 1.807) is 0 Å². The highest BCUT2D eigenvalue weighted by Crippen LogP contribution is 2.29.